The Labute approximate surface area is 237 Å². The molecule has 0 aliphatic heterocycles. The number of nitrogens with one attached hydrogen (secondary N) is 1. The third-order valence-electron chi connectivity index (χ3n) is 8.44. The first-order chi connectivity index (χ1) is 18.8. The fraction of sp³-hybridized carbons (Fsp3) is 0.750. The summed E-state index contributed by atoms with van der Waals surface area (Å²) in [6.45, 7) is 5.59. The molecule has 1 aromatic heterocycles. The number of aromatic amines is 1. The van der Waals surface area contributed by atoms with E-state index in [1.165, 1.54) is 159 Å². The van der Waals surface area contributed by atoms with Gasteiger partial charge in [0.25, 0.3) is 5.82 Å². The zero-order valence-electron chi connectivity index (χ0n) is 25.5. The normalized spacial score (nSPS) is 12.3. The summed E-state index contributed by atoms with van der Waals surface area (Å²) in [5.74, 6) is 2.12. The van der Waals surface area contributed by atoms with Crippen LogP contribution < -0.4 is 4.57 Å². The standard InChI is InChI=1S/C36H62N2/c1-3-5-7-9-11-12-13-14-15-16-17-18-19-21-26-30-35(29-25-20-10-8-6-4-2)36-37-31-32-38(36)33-34-27-23-22-24-28-34/h22-24,27-28,31-32,35H,3-21,25-26,29-30,33H2,1-2H3/p+1/t35-/m0/s1. The first kappa shape index (κ1) is 32.6. The van der Waals surface area contributed by atoms with E-state index < -0.39 is 0 Å². The zero-order valence-corrected chi connectivity index (χ0v) is 25.5. The van der Waals surface area contributed by atoms with Crippen LogP contribution in [0.15, 0.2) is 42.7 Å². The summed E-state index contributed by atoms with van der Waals surface area (Å²) in [7, 11) is 0. The lowest BCUT2D eigenvalue weighted by Crippen LogP contribution is -2.38. The molecule has 0 bridgehead atoms. The maximum absolute atomic E-state index is 3.65. The smallest absolute Gasteiger partial charge is 0.247 e. The first-order valence-corrected chi connectivity index (χ1v) is 17.0. The van der Waals surface area contributed by atoms with E-state index in [9.17, 15) is 0 Å². The average Bonchev–Trinajstić information content (AvgIpc) is 3.40. The summed E-state index contributed by atoms with van der Waals surface area (Å²) in [6, 6.07) is 10.9. The largest absolute Gasteiger partial charge is 0.257 e. The molecule has 0 unspecified atom stereocenters. The van der Waals surface area contributed by atoms with Gasteiger partial charge in [-0.2, -0.15) is 0 Å². The van der Waals surface area contributed by atoms with Gasteiger partial charge in [-0.15, -0.1) is 0 Å². The molecule has 0 amide bonds. The quantitative estimate of drug-likeness (QED) is 0.0934. The number of nitrogens with zero attached hydrogens (tertiary/aromatic N) is 1. The van der Waals surface area contributed by atoms with Crippen molar-refractivity contribution in [2.75, 3.05) is 0 Å². The minimum absolute atomic E-state index is 0.668. The van der Waals surface area contributed by atoms with Crippen molar-refractivity contribution >= 4 is 0 Å². The lowest BCUT2D eigenvalue weighted by molar-refractivity contribution is -0.695. The Bertz CT molecular complexity index is 750. The molecule has 38 heavy (non-hydrogen) atoms. The lowest BCUT2D eigenvalue weighted by atomic mass is 9.93. The van der Waals surface area contributed by atoms with Crippen molar-refractivity contribution in [2.45, 2.75) is 174 Å². The van der Waals surface area contributed by atoms with Gasteiger partial charge in [-0.25, -0.2) is 9.55 Å². The highest BCUT2D eigenvalue weighted by molar-refractivity contribution is 5.13. The molecule has 2 rings (SSSR count). The second-order valence-electron chi connectivity index (χ2n) is 12.0. The van der Waals surface area contributed by atoms with Gasteiger partial charge in [0.1, 0.15) is 18.9 Å². The fourth-order valence-corrected chi connectivity index (χ4v) is 6.00. The Hall–Kier alpha value is -1.57. The second kappa shape index (κ2) is 23.3. The van der Waals surface area contributed by atoms with Crippen molar-refractivity contribution in [3.63, 3.8) is 0 Å². The van der Waals surface area contributed by atoms with Crippen LogP contribution in [0.2, 0.25) is 0 Å². The van der Waals surface area contributed by atoms with E-state index in [0.717, 1.165) is 6.54 Å². The van der Waals surface area contributed by atoms with E-state index in [0.29, 0.717) is 5.92 Å². The predicted octanol–water partition coefficient (Wildman–Crippen LogP) is 11.4. The number of imidazole rings is 1. The Kier molecular flexibility index (Phi) is 20.0. The highest BCUT2D eigenvalue weighted by Crippen LogP contribution is 2.26. The van der Waals surface area contributed by atoms with Gasteiger partial charge in [-0.1, -0.05) is 179 Å². The molecule has 0 spiro atoms. The molecule has 2 nitrogen and oxygen atoms in total. The van der Waals surface area contributed by atoms with Crippen LogP contribution in [0.5, 0.6) is 0 Å². The molecular formula is C36H63N2+. The predicted molar refractivity (Wildman–Crippen MR) is 167 cm³/mol. The number of aromatic nitrogens is 2. The third kappa shape index (κ3) is 15.7. The minimum atomic E-state index is 0.668. The Morgan fingerprint density at radius 2 is 0.974 bits per heavy atom. The number of benzene rings is 1. The molecule has 2 heteroatoms. The Morgan fingerprint density at radius 3 is 1.42 bits per heavy atom. The van der Waals surface area contributed by atoms with Crippen molar-refractivity contribution in [3.05, 3.63) is 54.1 Å². The van der Waals surface area contributed by atoms with Crippen LogP contribution in [0.25, 0.3) is 0 Å². The van der Waals surface area contributed by atoms with Gasteiger partial charge in [0.05, 0.1) is 5.92 Å². The highest BCUT2D eigenvalue weighted by Gasteiger charge is 2.22. The second-order valence-corrected chi connectivity index (χ2v) is 12.0. The van der Waals surface area contributed by atoms with Crippen LogP contribution in [0, 0.1) is 0 Å². The van der Waals surface area contributed by atoms with Gasteiger partial charge in [-0.3, -0.25) is 0 Å². The van der Waals surface area contributed by atoms with Crippen molar-refractivity contribution in [1.82, 2.24) is 4.98 Å². The van der Waals surface area contributed by atoms with Gasteiger partial charge in [-0.05, 0) is 18.4 Å². The number of rotatable bonds is 26. The summed E-state index contributed by atoms with van der Waals surface area (Å²) in [5.41, 5.74) is 1.39. The molecule has 2 aromatic rings. The van der Waals surface area contributed by atoms with Gasteiger partial charge in [0, 0.05) is 0 Å². The summed E-state index contributed by atoms with van der Waals surface area (Å²) in [5, 5.41) is 0. The number of hydrogen-bond acceptors (Lipinski definition) is 0. The van der Waals surface area contributed by atoms with Crippen LogP contribution in [-0.2, 0) is 6.54 Å². The van der Waals surface area contributed by atoms with Crippen LogP contribution in [-0.4, -0.2) is 4.98 Å². The molecule has 1 N–H and O–H groups in total. The summed E-state index contributed by atoms with van der Waals surface area (Å²) >= 11 is 0. The molecule has 0 radical (unpaired) electrons. The number of unbranched alkanes of at least 4 members (excludes halogenated alkanes) is 19. The van der Waals surface area contributed by atoms with Crippen LogP contribution in [0.1, 0.15) is 179 Å². The van der Waals surface area contributed by atoms with Crippen molar-refractivity contribution in [1.29, 1.82) is 0 Å². The summed E-state index contributed by atoms with van der Waals surface area (Å²) in [6.07, 6.45) is 37.0. The lowest BCUT2D eigenvalue weighted by Gasteiger charge is -2.14. The van der Waals surface area contributed by atoms with Crippen LogP contribution in [0.4, 0.5) is 0 Å². The molecule has 1 heterocycles. The SMILES string of the molecule is CCCCCCCCCCCCCCCCC[C@H](CCCCCCCC)c1[nH]cc[n+]1Cc1ccccc1. The highest BCUT2D eigenvalue weighted by atomic mass is 15.1. The van der Waals surface area contributed by atoms with E-state index >= 15 is 0 Å². The number of hydrogen-bond donors (Lipinski definition) is 1. The van der Waals surface area contributed by atoms with Crippen molar-refractivity contribution < 1.29 is 4.57 Å². The maximum atomic E-state index is 3.65. The van der Waals surface area contributed by atoms with Crippen LogP contribution in [0.3, 0.4) is 0 Å². The molecule has 0 aliphatic carbocycles. The third-order valence-corrected chi connectivity index (χ3v) is 8.44. The molecule has 0 fully saturated rings. The van der Waals surface area contributed by atoms with Crippen LogP contribution >= 0.6 is 0 Å². The molecular weight excluding hydrogens is 460 g/mol. The topological polar surface area (TPSA) is 19.7 Å². The monoisotopic (exact) mass is 523 g/mol. The summed E-state index contributed by atoms with van der Waals surface area (Å²) < 4.78 is 2.47. The van der Waals surface area contributed by atoms with E-state index in [4.69, 9.17) is 0 Å². The van der Waals surface area contributed by atoms with Gasteiger partial charge >= 0.3 is 0 Å². The Balaban J connectivity index is 1.63. The van der Waals surface area contributed by atoms with Gasteiger partial charge in [0.2, 0.25) is 0 Å². The molecule has 0 saturated carbocycles. The first-order valence-electron chi connectivity index (χ1n) is 17.0. The van der Waals surface area contributed by atoms with E-state index in [1.807, 2.05) is 0 Å². The van der Waals surface area contributed by atoms with Crippen molar-refractivity contribution in [2.24, 2.45) is 0 Å². The van der Waals surface area contributed by atoms with Gasteiger partial charge in [0.15, 0.2) is 0 Å². The van der Waals surface area contributed by atoms with E-state index in [2.05, 4.69) is 66.1 Å². The fourth-order valence-electron chi connectivity index (χ4n) is 6.00. The summed E-state index contributed by atoms with van der Waals surface area (Å²) in [4.78, 5) is 3.65. The minimum Gasteiger partial charge on any atom is -0.247 e. The maximum Gasteiger partial charge on any atom is 0.257 e. The molecule has 1 atom stereocenters. The molecule has 0 saturated heterocycles. The number of H-pyrrole nitrogens is 1. The van der Waals surface area contributed by atoms with Gasteiger partial charge < -0.3 is 0 Å². The van der Waals surface area contributed by atoms with E-state index in [-0.39, 0.29) is 0 Å². The molecule has 216 valence electrons. The molecule has 0 aliphatic rings. The average molecular weight is 524 g/mol. The Morgan fingerprint density at radius 1 is 0.553 bits per heavy atom. The molecule has 1 aromatic carbocycles. The zero-order chi connectivity index (χ0) is 26.9. The van der Waals surface area contributed by atoms with Crippen molar-refractivity contribution in [3.8, 4) is 0 Å². The van der Waals surface area contributed by atoms with E-state index in [1.54, 1.807) is 0 Å².